The van der Waals surface area contributed by atoms with E-state index in [0.29, 0.717) is 23.9 Å². The Morgan fingerprint density at radius 1 is 1.17 bits per heavy atom. The second-order valence-electron chi connectivity index (χ2n) is 5.35. The van der Waals surface area contributed by atoms with Crippen LogP contribution in [0.15, 0.2) is 48.1 Å². The molecule has 1 aliphatic rings. The lowest BCUT2D eigenvalue weighted by Crippen LogP contribution is -2.26. The van der Waals surface area contributed by atoms with Gasteiger partial charge in [0.25, 0.3) is 0 Å². The van der Waals surface area contributed by atoms with E-state index in [1.165, 1.54) is 9.71 Å². The fraction of sp³-hybridized carbons (Fsp3) is 0.250. The number of hydrogen-bond acceptors (Lipinski definition) is 4. The molecule has 7 heteroatoms. The highest BCUT2D eigenvalue weighted by molar-refractivity contribution is 7.92. The van der Waals surface area contributed by atoms with Gasteiger partial charge >= 0.3 is 0 Å². The summed E-state index contributed by atoms with van der Waals surface area (Å²) in [6.45, 7) is 0.896. The summed E-state index contributed by atoms with van der Waals surface area (Å²) in [7, 11) is -3.44. The van der Waals surface area contributed by atoms with Gasteiger partial charge in [0.2, 0.25) is 10.0 Å². The zero-order valence-electron chi connectivity index (χ0n) is 12.3. The molecule has 1 atom stereocenters. The topological polar surface area (TPSA) is 63.2 Å². The largest absolute Gasteiger partial charge is 0.241 e. The van der Waals surface area contributed by atoms with E-state index in [9.17, 15) is 8.42 Å². The van der Waals surface area contributed by atoms with Crippen LogP contribution in [-0.2, 0) is 10.0 Å². The highest BCUT2D eigenvalue weighted by Gasteiger charge is 2.31. The van der Waals surface area contributed by atoms with Crippen molar-refractivity contribution in [2.45, 2.75) is 12.3 Å². The third-order valence-electron chi connectivity index (χ3n) is 3.76. The minimum atomic E-state index is -3.44. The smallest absolute Gasteiger partial charge is 0.236 e. The van der Waals surface area contributed by atoms with Crippen molar-refractivity contribution in [3.8, 4) is 0 Å². The van der Waals surface area contributed by atoms with Crippen molar-refractivity contribution in [2.75, 3.05) is 13.1 Å². The molecule has 1 aromatic heterocycles. The Kier molecular flexibility index (Phi) is 4.75. The Morgan fingerprint density at radius 3 is 2.57 bits per heavy atom. The Morgan fingerprint density at radius 2 is 1.87 bits per heavy atom. The van der Waals surface area contributed by atoms with Crippen LogP contribution >= 0.6 is 11.6 Å². The quantitative estimate of drug-likeness (QED) is 0.851. The van der Waals surface area contributed by atoms with Crippen LogP contribution in [0.3, 0.4) is 0 Å². The zero-order valence-corrected chi connectivity index (χ0v) is 13.9. The molecule has 1 saturated heterocycles. The summed E-state index contributed by atoms with van der Waals surface area (Å²) in [5.41, 5.74) is 0.792. The van der Waals surface area contributed by atoms with E-state index in [4.69, 9.17) is 11.6 Å². The van der Waals surface area contributed by atoms with E-state index in [-0.39, 0.29) is 5.92 Å². The Bertz CT molecular complexity index is 792. The molecular formula is C16H16ClN3O2S. The fourth-order valence-corrected chi connectivity index (χ4v) is 3.89. The Balaban J connectivity index is 1.70. The molecule has 0 bridgehead atoms. The SMILES string of the molecule is O=S(=O)(/C=C/c1ccc(Cl)cc1)N1CCC(c2ncccn2)C1. The first kappa shape index (κ1) is 16.1. The van der Waals surface area contributed by atoms with Crippen LogP contribution < -0.4 is 0 Å². The third kappa shape index (κ3) is 3.96. The third-order valence-corrected chi connectivity index (χ3v) is 5.55. The van der Waals surface area contributed by atoms with Gasteiger partial charge < -0.3 is 0 Å². The summed E-state index contributed by atoms with van der Waals surface area (Å²) in [5, 5.41) is 1.86. The first-order valence-corrected chi connectivity index (χ1v) is 9.13. The summed E-state index contributed by atoms with van der Waals surface area (Å²) >= 11 is 5.82. The number of benzene rings is 1. The van der Waals surface area contributed by atoms with E-state index < -0.39 is 10.0 Å². The van der Waals surface area contributed by atoms with Gasteiger partial charge in [0.1, 0.15) is 5.82 Å². The molecule has 0 spiro atoms. The van der Waals surface area contributed by atoms with E-state index in [1.807, 2.05) is 0 Å². The summed E-state index contributed by atoms with van der Waals surface area (Å²) in [6.07, 6.45) is 5.68. The first-order valence-electron chi connectivity index (χ1n) is 7.25. The Labute approximate surface area is 140 Å². The molecule has 120 valence electrons. The normalized spacial score (nSPS) is 19.4. The molecule has 3 rings (SSSR count). The fourth-order valence-electron chi connectivity index (χ4n) is 2.52. The number of halogens is 1. The van der Waals surface area contributed by atoms with Crippen molar-refractivity contribution in [1.82, 2.24) is 14.3 Å². The molecule has 0 aliphatic carbocycles. The number of hydrogen-bond donors (Lipinski definition) is 0. The van der Waals surface area contributed by atoms with Crippen LogP contribution in [0.25, 0.3) is 6.08 Å². The molecule has 2 aromatic rings. The molecular weight excluding hydrogens is 334 g/mol. The van der Waals surface area contributed by atoms with E-state index >= 15 is 0 Å². The summed E-state index contributed by atoms with van der Waals surface area (Å²) in [5.74, 6) is 0.752. The van der Waals surface area contributed by atoms with Crippen molar-refractivity contribution < 1.29 is 8.42 Å². The van der Waals surface area contributed by atoms with Gasteiger partial charge in [0.15, 0.2) is 0 Å². The molecule has 2 heterocycles. The van der Waals surface area contributed by atoms with Gasteiger partial charge in [0.05, 0.1) is 0 Å². The highest BCUT2D eigenvalue weighted by atomic mass is 35.5. The molecule has 0 N–H and O–H groups in total. The lowest BCUT2D eigenvalue weighted by atomic mass is 10.1. The Hall–Kier alpha value is -1.76. The van der Waals surface area contributed by atoms with Gasteiger partial charge in [-0.2, -0.15) is 4.31 Å². The van der Waals surface area contributed by atoms with Gasteiger partial charge in [0, 0.05) is 41.8 Å². The monoisotopic (exact) mass is 349 g/mol. The highest BCUT2D eigenvalue weighted by Crippen LogP contribution is 2.27. The van der Waals surface area contributed by atoms with Crippen LogP contribution in [0.5, 0.6) is 0 Å². The molecule has 0 radical (unpaired) electrons. The second-order valence-corrected chi connectivity index (χ2v) is 7.60. The maximum atomic E-state index is 12.4. The number of nitrogens with zero attached hydrogens (tertiary/aromatic N) is 3. The molecule has 5 nitrogen and oxygen atoms in total. The number of aromatic nitrogens is 2. The first-order chi connectivity index (χ1) is 11.0. The van der Waals surface area contributed by atoms with Gasteiger partial charge in [-0.15, -0.1) is 0 Å². The molecule has 1 aromatic carbocycles. The van der Waals surface area contributed by atoms with Crippen LogP contribution in [0.2, 0.25) is 5.02 Å². The van der Waals surface area contributed by atoms with E-state index in [1.54, 1.807) is 48.8 Å². The maximum Gasteiger partial charge on any atom is 0.236 e. The molecule has 0 amide bonds. The van der Waals surface area contributed by atoms with Crippen molar-refractivity contribution in [1.29, 1.82) is 0 Å². The van der Waals surface area contributed by atoms with E-state index in [0.717, 1.165) is 12.0 Å². The summed E-state index contributed by atoms with van der Waals surface area (Å²) in [4.78, 5) is 8.43. The molecule has 1 fully saturated rings. The standard InChI is InChI=1S/C16H16ClN3O2S/c17-15-4-2-13(3-5-15)7-11-23(21,22)20-10-6-14(12-20)16-18-8-1-9-19-16/h1-5,7-9,11,14H,6,10,12H2/b11-7+. The number of rotatable bonds is 4. The van der Waals surface area contributed by atoms with Crippen molar-refractivity contribution >= 4 is 27.7 Å². The van der Waals surface area contributed by atoms with Crippen molar-refractivity contribution in [3.63, 3.8) is 0 Å². The molecule has 23 heavy (non-hydrogen) atoms. The lowest BCUT2D eigenvalue weighted by molar-refractivity contribution is 0.479. The van der Waals surface area contributed by atoms with Gasteiger partial charge in [-0.25, -0.2) is 18.4 Å². The summed E-state index contributed by atoms with van der Waals surface area (Å²) in [6, 6.07) is 8.76. The van der Waals surface area contributed by atoms with Crippen molar-refractivity contribution in [3.05, 3.63) is 64.5 Å². The molecule has 0 saturated carbocycles. The lowest BCUT2D eigenvalue weighted by Gasteiger charge is -2.13. The minimum Gasteiger partial charge on any atom is -0.241 e. The van der Waals surface area contributed by atoms with Crippen LogP contribution in [0.1, 0.15) is 23.7 Å². The van der Waals surface area contributed by atoms with Gasteiger partial charge in [-0.1, -0.05) is 23.7 Å². The van der Waals surface area contributed by atoms with Crippen LogP contribution in [-0.4, -0.2) is 35.8 Å². The van der Waals surface area contributed by atoms with E-state index in [2.05, 4.69) is 9.97 Å². The van der Waals surface area contributed by atoms with Gasteiger partial charge in [-0.3, -0.25) is 0 Å². The maximum absolute atomic E-state index is 12.4. The summed E-state index contributed by atoms with van der Waals surface area (Å²) < 4.78 is 26.3. The predicted octanol–water partition coefficient (Wildman–Crippen LogP) is 2.92. The predicted molar refractivity (Wildman–Crippen MR) is 90.4 cm³/mol. The van der Waals surface area contributed by atoms with Crippen molar-refractivity contribution in [2.24, 2.45) is 0 Å². The average Bonchev–Trinajstić information content (AvgIpc) is 3.06. The zero-order chi connectivity index (χ0) is 16.3. The van der Waals surface area contributed by atoms with Crippen LogP contribution in [0, 0.1) is 0 Å². The minimum absolute atomic E-state index is 0.0508. The molecule has 1 aliphatic heterocycles. The van der Waals surface area contributed by atoms with Crippen LogP contribution in [0.4, 0.5) is 0 Å². The van der Waals surface area contributed by atoms with Gasteiger partial charge in [-0.05, 0) is 36.3 Å². The number of sulfonamides is 1. The molecule has 1 unspecified atom stereocenters. The second kappa shape index (κ2) is 6.78. The average molecular weight is 350 g/mol.